The molecule has 0 spiro atoms. The van der Waals surface area contributed by atoms with Crippen LogP contribution >= 0.6 is 0 Å². The van der Waals surface area contributed by atoms with Crippen molar-refractivity contribution < 1.29 is 23.9 Å². The molecule has 7 heteroatoms. The predicted octanol–water partition coefficient (Wildman–Crippen LogP) is 4.45. The number of hydrogen-bond donors (Lipinski definition) is 1. The Morgan fingerprint density at radius 1 is 1.06 bits per heavy atom. The smallest absolute Gasteiger partial charge is 0.411 e. The van der Waals surface area contributed by atoms with Crippen LogP contribution in [-0.4, -0.2) is 52.2 Å². The lowest BCUT2D eigenvalue weighted by atomic mass is 9.88. The van der Waals surface area contributed by atoms with Crippen LogP contribution in [0.4, 0.5) is 4.79 Å². The number of carbonyl (C=O) groups excluding carboxylic acids is 3. The Morgan fingerprint density at radius 3 is 2.03 bits per heavy atom. The maximum absolute atomic E-state index is 13.3. The van der Waals surface area contributed by atoms with Gasteiger partial charge in [-0.15, -0.1) is 0 Å². The number of hydrogen-bond acceptors (Lipinski definition) is 5. The summed E-state index contributed by atoms with van der Waals surface area (Å²) in [5, 5.41) is 3.02. The van der Waals surface area contributed by atoms with Crippen LogP contribution in [0.2, 0.25) is 0 Å². The van der Waals surface area contributed by atoms with E-state index in [4.69, 9.17) is 9.47 Å². The fourth-order valence-corrected chi connectivity index (χ4v) is 4.05. The van der Waals surface area contributed by atoms with E-state index in [1.54, 1.807) is 41.5 Å². The highest BCUT2D eigenvalue weighted by Gasteiger charge is 2.51. The van der Waals surface area contributed by atoms with Gasteiger partial charge in [0.1, 0.15) is 17.2 Å². The molecule has 0 aromatic rings. The topological polar surface area (TPSA) is 84.9 Å². The standard InChI is InChI=1S/C24H42N2O5/c1-11-12-17-14-19(21(28)30-23(5,6)7)26(22(29)31-24(8,9)10)20(17)18(13-15(2)3)25-16(4)27/h11-12,15,17-20H,13-14H2,1-10H3,(H,25,27)/t17-,18-,19-,20+/m0/s1. The summed E-state index contributed by atoms with van der Waals surface area (Å²) in [4.78, 5) is 40.0. The van der Waals surface area contributed by atoms with Gasteiger partial charge in [0.2, 0.25) is 5.91 Å². The third kappa shape index (κ3) is 8.54. The van der Waals surface area contributed by atoms with Crippen molar-refractivity contribution in [2.45, 2.75) is 111 Å². The Labute approximate surface area is 187 Å². The van der Waals surface area contributed by atoms with Crippen molar-refractivity contribution in [2.24, 2.45) is 11.8 Å². The van der Waals surface area contributed by atoms with E-state index in [1.165, 1.54) is 11.8 Å². The molecule has 2 amide bonds. The Bertz CT molecular complexity index is 672. The molecular formula is C24H42N2O5. The minimum Gasteiger partial charge on any atom is -0.458 e. The number of nitrogens with zero attached hydrogens (tertiary/aromatic N) is 1. The zero-order valence-corrected chi connectivity index (χ0v) is 20.9. The van der Waals surface area contributed by atoms with Gasteiger partial charge in [-0.3, -0.25) is 9.69 Å². The van der Waals surface area contributed by atoms with Gasteiger partial charge in [0.05, 0.1) is 12.1 Å². The van der Waals surface area contributed by atoms with Crippen LogP contribution in [0.15, 0.2) is 12.2 Å². The van der Waals surface area contributed by atoms with Crippen LogP contribution in [0.3, 0.4) is 0 Å². The summed E-state index contributed by atoms with van der Waals surface area (Å²) in [5.41, 5.74) is -1.40. The number of nitrogens with one attached hydrogen (secondary N) is 1. The summed E-state index contributed by atoms with van der Waals surface area (Å²) in [6.07, 6.45) is 4.43. The van der Waals surface area contributed by atoms with Gasteiger partial charge < -0.3 is 14.8 Å². The first kappa shape index (κ1) is 27.0. The van der Waals surface area contributed by atoms with E-state index in [0.29, 0.717) is 12.8 Å². The third-order valence-electron chi connectivity index (χ3n) is 4.84. The van der Waals surface area contributed by atoms with Crippen molar-refractivity contribution in [1.82, 2.24) is 10.2 Å². The van der Waals surface area contributed by atoms with Crippen LogP contribution in [0, 0.1) is 11.8 Å². The Morgan fingerprint density at radius 2 is 1.61 bits per heavy atom. The van der Waals surface area contributed by atoms with E-state index in [1.807, 2.05) is 19.1 Å². The monoisotopic (exact) mass is 438 g/mol. The van der Waals surface area contributed by atoms with Gasteiger partial charge in [0, 0.05) is 12.8 Å². The summed E-state index contributed by atoms with van der Waals surface area (Å²) >= 11 is 0. The molecular weight excluding hydrogens is 396 g/mol. The zero-order chi connectivity index (χ0) is 24.1. The average Bonchev–Trinajstić information content (AvgIpc) is 2.90. The highest BCUT2D eigenvalue weighted by molar-refractivity contribution is 5.83. The lowest BCUT2D eigenvalue weighted by Crippen LogP contribution is -2.57. The van der Waals surface area contributed by atoms with Gasteiger partial charge in [-0.2, -0.15) is 0 Å². The first-order valence-electron chi connectivity index (χ1n) is 11.2. The molecule has 1 N–H and O–H groups in total. The molecule has 0 unspecified atom stereocenters. The lowest BCUT2D eigenvalue weighted by molar-refractivity contribution is -0.160. The Balaban J connectivity index is 3.50. The average molecular weight is 439 g/mol. The van der Waals surface area contributed by atoms with Gasteiger partial charge in [0.15, 0.2) is 0 Å². The number of ether oxygens (including phenoxy) is 2. The van der Waals surface area contributed by atoms with Crippen molar-refractivity contribution in [3.8, 4) is 0 Å². The fraction of sp³-hybridized carbons (Fsp3) is 0.792. The second kappa shape index (κ2) is 10.5. The summed E-state index contributed by atoms with van der Waals surface area (Å²) in [6.45, 7) is 18.3. The van der Waals surface area contributed by atoms with Gasteiger partial charge in [-0.05, 0) is 67.2 Å². The maximum Gasteiger partial charge on any atom is 0.411 e. The summed E-state index contributed by atoms with van der Waals surface area (Å²) < 4.78 is 11.3. The first-order chi connectivity index (χ1) is 14.1. The number of allylic oxidation sites excluding steroid dienone is 1. The second-order valence-electron chi connectivity index (χ2n) is 10.8. The summed E-state index contributed by atoms with van der Waals surface area (Å²) in [7, 11) is 0. The molecule has 4 atom stereocenters. The molecule has 1 aliphatic rings. The number of carbonyl (C=O) groups is 3. The summed E-state index contributed by atoms with van der Waals surface area (Å²) in [5.74, 6) is -0.467. The van der Waals surface area contributed by atoms with Crippen LogP contribution in [-0.2, 0) is 19.1 Å². The van der Waals surface area contributed by atoms with Crippen molar-refractivity contribution in [1.29, 1.82) is 0 Å². The Kier molecular flexibility index (Phi) is 9.15. The number of rotatable bonds is 6. The number of likely N-dealkylation sites (tertiary alicyclic amines) is 1. The minimum absolute atomic E-state index is 0.120. The molecule has 1 rings (SSSR count). The number of amides is 2. The Hall–Kier alpha value is -2.05. The predicted molar refractivity (Wildman–Crippen MR) is 121 cm³/mol. The van der Waals surface area contributed by atoms with Crippen molar-refractivity contribution >= 4 is 18.0 Å². The lowest BCUT2D eigenvalue weighted by Gasteiger charge is -2.38. The van der Waals surface area contributed by atoms with Gasteiger partial charge in [-0.1, -0.05) is 26.0 Å². The molecule has 1 saturated heterocycles. The SMILES string of the molecule is CC=C[C@H]1C[C@@H](C(=O)OC(C)(C)C)N(C(=O)OC(C)(C)C)[C@H]1[C@H](CC(C)C)NC(C)=O. The first-order valence-corrected chi connectivity index (χ1v) is 11.2. The third-order valence-corrected chi connectivity index (χ3v) is 4.84. The normalized spacial score (nSPS) is 23.2. The van der Waals surface area contributed by atoms with E-state index >= 15 is 0 Å². The van der Waals surface area contributed by atoms with Crippen LogP contribution in [0.5, 0.6) is 0 Å². The van der Waals surface area contributed by atoms with E-state index < -0.39 is 35.3 Å². The van der Waals surface area contributed by atoms with Crippen molar-refractivity contribution in [3.05, 3.63) is 12.2 Å². The summed E-state index contributed by atoms with van der Waals surface area (Å²) in [6, 6.07) is -1.53. The molecule has 0 saturated carbocycles. The molecule has 0 radical (unpaired) electrons. The molecule has 0 aromatic heterocycles. The number of esters is 1. The zero-order valence-electron chi connectivity index (χ0n) is 20.9. The molecule has 31 heavy (non-hydrogen) atoms. The maximum atomic E-state index is 13.3. The van der Waals surface area contributed by atoms with Gasteiger partial charge in [0.25, 0.3) is 0 Å². The minimum atomic E-state index is -0.788. The van der Waals surface area contributed by atoms with E-state index in [9.17, 15) is 14.4 Å². The highest BCUT2D eigenvalue weighted by Crippen LogP contribution is 2.37. The molecule has 7 nitrogen and oxygen atoms in total. The quantitative estimate of drug-likeness (QED) is 0.489. The molecule has 0 aliphatic carbocycles. The molecule has 1 fully saturated rings. The fourth-order valence-electron chi connectivity index (χ4n) is 4.05. The second-order valence-corrected chi connectivity index (χ2v) is 10.8. The highest BCUT2D eigenvalue weighted by atomic mass is 16.6. The van der Waals surface area contributed by atoms with Gasteiger partial charge >= 0.3 is 12.1 Å². The molecule has 0 bridgehead atoms. The van der Waals surface area contributed by atoms with Crippen LogP contribution in [0.1, 0.15) is 82.1 Å². The molecule has 1 aliphatic heterocycles. The van der Waals surface area contributed by atoms with Crippen LogP contribution < -0.4 is 5.32 Å². The molecule has 0 aromatic carbocycles. The van der Waals surface area contributed by atoms with E-state index in [2.05, 4.69) is 19.2 Å². The van der Waals surface area contributed by atoms with E-state index in [0.717, 1.165) is 0 Å². The van der Waals surface area contributed by atoms with Crippen LogP contribution in [0.25, 0.3) is 0 Å². The molecule has 1 heterocycles. The molecule has 178 valence electrons. The van der Waals surface area contributed by atoms with Crippen molar-refractivity contribution in [3.63, 3.8) is 0 Å². The van der Waals surface area contributed by atoms with Crippen molar-refractivity contribution in [2.75, 3.05) is 0 Å². The largest absolute Gasteiger partial charge is 0.458 e. The van der Waals surface area contributed by atoms with E-state index in [-0.39, 0.29) is 23.8 Å². The van der Waals surface area contributed by atoms with Gasteiger partial charge in [-0.25, -0.2) is 9.59 Å².